The lowest BCUT2D eigenvalue weighted by Gasteiger charge is -1.90. The molecule has 0 rings (SSSR count). The van der Waals surface area contributed by atoms with Crippen LogP contribution in [0.4, 0.5) is 0 Å². The number of hydrogen-bond acceptors (Lipinski definition) is 1. The van der Waals surface area contributed by atoms with Gasteiger partial charge < -0.3 is 5.11 Å². The first-order valence-electron chi connectivity index (χ1n) is 3.19. The number of allylic oxidation sites excluding steroid dienone is 2. The van der Waals surface area contributed by atoms with Crippen molar-refractivity contribution >= 4 is 5.97 Å². The van der Waals surface area contributed by atoms with E-state index in [-0.39, 0.29) is 0 Å². The second-order valence-corrected chi connectivity index (χ2v) is 2.06. The largest absolute Gasteiger partial charge is 0.478 e. The van der Waals surface area contributed by atoms with Gasteiger partial charge in [-0.05, 0) is 19.8 Å². The highest BCUT2D eigenvalue weighted by Gasteiger charge is 1.96. The minimum atomic E-state index is -0.843. The van der Waals surface area contributed by atoms with Gasteiger partial charge in [-0.25, -0.2) is 4.79 Å². The van der Waals surface area contributed by atoms with E-state index >= 15 is 0 Å². The van der Waals surface area contributed by atoms with E-state index in [0.29, 0.717) is 5.57 Å². The molecule has 0 spiro atoms. The summed E-state index contributed by atoms with van der Waals surface area (Å²) in [6, 6.07) is 0. The van der Waals surface area contributed by atoms with E-state index in [0.717, 1.165) is 12.8 Å². The standard InChI is InChI=1S/C8H12O2/c1-3-4-5-6-7(2)8(9)10/h3,6H,1,4-5H2,2H3,(H,9,10)/b7-6+. The van der Waals surface area contributed by atoms with Crippen LogP contribution < -0.4 is 0 Å². The monoisotopic (exact) mass is 140 g/mol. The fourth-order valence-electron chi connectivity index (χ4n) is 0.505. The Labute approximate surface area is 60.9 Å². The van der Waals surface area contributed by atoms with Gasteiger partial charge in [0.25, 0.3) is 0 Å². The Morgan fingerprint density at radius 2 is 2.20 bits per heavy atom. The Bertz CT molecular complexity index is 157. The smallest absolute Gasteiger partial charge is 0.330 e. The van der Waals surface area contributed by atoms with Gasteiger partial charge in [0.05, 0.1) is 0 Å². The molecule has 2 nitrogen and oxygen atoms in total. The highest BCUT2D eigenvalue weighted by atomic mass is 16.4. The molecule has 1 N–H and O–H groups in total. The molecule has 10 heavy (non-hydrogen) atoms. The summed E-state index contributed by atoms with van der Waals surface area (Å²) in [4.78, 5) is 10.2. The third kappa shape index (κ3) is 3.89. The maximum absolute atomic E-state index is 10.2. The van der Waals surface area contributed by atoms with Gasteiger partial charge in [-0.2, -0.15) is 0 Å². The first-order chi connectivity index (χ1) is 4.68. The Balaban J connectivity index is 3.68. The lowest BCUT2D eigenvalue weighted by molar-refractivity contribution is -0.132. The molecular formula is C8H12O2. The molecule has 0 aromatic carbocycles. The predicted molar refractivity (Wildman–Crippen MR) is 40.8 cm³/mol. The molecule has 0 aliphatic rings. The van der Waals surface area contributed by atoms with Crippen molar-refractivity contribution in [2.24, 2.45) is 0 Å². The van der Waals surface area contributed by atoms with Crippen molar-refractivity contribution in [2.75, 3.05) is 0 Å². The van der Waals surface area contributed by atoms with Crippen LogP contribution in [0.2, 0.25) is 0 Å². The van der Waals surface area contributed by atoms with E-state index in [1.54, 1.807) is 19.1 Å². The van der Waals surface area contributed by atoms with Crippen LogP contribution in [-0.4, -0.2) is 11.1 Å². The van der Waals surface area contributed by atoms with Gasteiger partial charge in [0.1, 0.15) is 0 Å². The number of carbonyl (C=O) groups is 1. The molecule has 0 saturated carbocycles. The van der Waals surface area contributed by atoms with Crippen molar-refractivity contribution in [3.05, 3.63) is 24.3 Å². The molecule has 0 bridgehead atoms. The van der Waals surface area contributed by atoms with Gasteiger partial charge in [0, 0.05) is 5.57 Å². The van der Waals surface area contributed by atoms with Gasteiger partial charge in [-0.15, -0.1) is 6.58 Å². The summed E-state index contributed by atoms with van der Waals surface area (Å²) in [7, 11) is 0. The highest BCUT2D eigenvalue weighted by molar-refractivity contribution is 5.85. The summed E-state index contributed by atoms with van der Waals surface area (Å²) in [5, 5.41) is 8.39. The van der Waals surface area contributed by atoms with Crippen LogP contribution >= 0.6 is 0 Å². The zero-order chi connectivity index (χ0) is 7.98. The van der Waals surface area contributed by atoms with E-state index in [1.165, 1.54) is 0 Å². The second-order valence-electron chi connectivity index (χ2n) is 2.06. The average Bonchev–Trinajstić information content (AvgIpc) is 1.88. The second kappa shape index (κ2) is 4.79. The quantitative estimate of drug-likeness (QED) is 0.368. The molecule has 56 valence electrons. The molecule has 0 radical (unpaired) electrons. The van der Waals surface area contributed by atoms with Gasteiger partial charge in [-0.1, -0.05) is 12.2 Å². The Morgan fingerprint density at radius 3 is 2.60 bits per heavy atom. The molecule has 0 aliphatic heterocycles. The van der Waals surface area contributed by atoms with Crippen LogP contribution in [0.3, 0.4) is 0 Å². The summed E-state index contributed by atoms with van der Waals surface area (Å²) in [5.41, 5.74) is 0.404. The Morgan fingerprint density at radius 1 is 1.60 bits per heavy atom. The molecule has 0 amide bonds. The van der Waals surface area contributed by atoms with Crippen LogP contribution in [-0.2, 0) is 4.79 Å². The maximum atomic E-state index is 10.2. The Kier molecular flexibility index (Phi) is 4.29. The molecule has 0 aromatic rings. The van der Waals surface area contributed by atoms with E-state index in [2.05, 4.69) is 6.58 Å². The lowest BCUT2D eigenvalue weighted by atomic mass is 10.2. The first kappa shape index (κ1) is 8.95. The normalized spacial score (nSPS) is 11.1. The Hall–Kier alpha value is -1.05. The van der Waals surface area contributed by atoms with E-state index < -0.39 is 5.97 Å². The molecule has 0 aliphatic carbocycles. The number of unbranched alkanes of at least 4 members (excludes halogenated alkanes) is 1. The van der Waals surface area contributed by atoms with E-state index in [4.69, 9.17) is 5.11 Å². The van der Waals surface area contributed by atoms with Crippen LogP contribution in [0.25, 0.3) is 0 Å². The number of carboxylic acids is 1. The van der Waals surface area contributed by atoms with Crippen molar-refractivity contribution in [1.29, 1.82) is 0 Å². The minimum Gasteiger partial charge on any atom is -0.478 e. The summed E-state index contributed by atoms with van der Waals surface area (Å²) in [6.07, 6.45) is 5.07. The zero-order valence-corrected chi connectivity index (χ0v) is 6.13. The van der Waals surface area contributed by atoms with Crippen LogP contribution in [0, 0.1) is 0 Å². The van der Waals surface area contributed by atoms with Gasteiger partial charge >= 0.3 is 5.97 Å². The molecule has 2 heteroatoms. The summed E-state index contributed by atoms with van der Waals surface area (Å²) >= 11 is 0. The van der Waals surface area contributed by atoms with Crippen LogP contribution in [0.1, 0.15) is 19.8 Å². The molecule has 0 saturated heterocycles. The van der Waals surface area contributed by atoms with Crippen molar-refractivity contribution in [3.63, 3.8) is 0 Å². The third-order valence-electron chi connectivity index (χ3n) is 1.16. The van der Waals surface area contributed by atoms with Gasteiger partial charge in [0.2, 0.25) is 0 Å². The fraction of sp³-hybridized carbons (Fsp3) is 0.375. The average molecular weight is 140 g/mol. The SMILES string of the molecule is C=CCC/C=C(\C)C(=O)O. The number of aliphatic carboxylic acids is 1. The lowest BCUT2D eigenvalue weighted by Crippen LogP contribution is -1.95. The molecule has 0 unspecified atom stereocenters. The number of carboxylic acid groups (broad SMARTS) is 1. The van der Waals surface area contributed by atoms with Gasteiger partial charge in [-0.3, -0.25) is 0 Å². The van der Waals surface area contributed by atoms with Crippen LogP contribution in [0.15, 0.2) is 24.3 Å². The summed E-state index contributed by atoms with van der Waals surface area (Å²) in [5.74, 6) is -0.843. The highest BCUT2D eigenvalue weighted by Crippen LogP contribution is 1.98. The van der Waals surface area contributed by atoms with Gasteiger partial charge in [0.15, 0.2) is 0 Å². The molecular weight excluding hydrogens is 128 g/mol. The number of hydrogen-bond donors (Lipinski definition) is 1. The van der Waals surface area contributed by atoms with E-state index in [9.17, 15) is 4.79 Å². The fourth-order valence-corrected chi connectivity index (χ4v) is 0.505. The minimum absolute atomic E-state index is 0.404. The van der Waals surface area contributed by atoms with Crippen molar-refractivity contribution in [3.8, 4) is 0 Å². The maximum Gasteiger partial charge on any atom is 0.330 e. The molecule has 0 fully saturated rings. The molecule has 0 aromatic heterocycles. The van der Waals surface area contributed by atoms with E-state index in [1.807, 2.05) is 0 Å². The summed E-state index contributed by atoms with van der Waals surface area (Å²) in [6.45, 7) is 5.11. The zero-order valence-electron chi connectivity index (χ0n) is 6.13. The first-order valence-corrected chi connectivity index (χ1v) is 3.19. The molecule has 0 heterocycles. The van der Waals surface area contributed by atoms with Crippen molar-refractivity contribution in [2.45, 2.75) is 19.8 Å². The number of rotatable bonds is 4. The topological polar surface area (TPSA) is 37.3 Å². The van der Waals surface area contributed by atoms with Crippen molar-refractivity contribution in [1.82, 2.24) is 0 Å². The molecule has 0 atom stereocenters. The van der Waals surface area contributed by atoms with Crippen LogP contribution in [0.5, 0.6) is 0 Å². The predicted octanol–water partition coefficient (Wildman–Crippen LogP) is 1.98. The van der Waals surface area contributed by atoms with Crippen molar-refractivity contribution < 1.29 is 9.90 Å². The summed E-state index contributed by atoms with van der Waals surface area (Å²) < 4.78 is 0. The third-order valence-corrected chi connectivity index (χ3v) is 1.16.